The average Bonchev–Trinajstić information content (AvgIpc) is 3.09. The number of hydrogen-bond donors (Lipinski definition) is 4. The van der Waals surface area contributed by atoms with Gasteiger partial charge in [0.05, 0.1) is 6.10 Å². The van der Waals surface area contributed by atoms with Crippen LogP contribution >= 0.6 is 0 Å². The molecule has 2 aromatic rings. The van der Waals surface area contributed by atoms with E-state index >= 15 is 0 Å². The molecule has 1 aliphatic rings. The van der Waals surface area contributed by atoms with Crippen LogP contribution in [0, 0.1) is 0 Å². The first-order valence-electron chi connectivity index (χ1n) is 10.7. The maximum Gasteiger partial charge on any atom is 0.407 e. The lowest BCUT2D eigenvalue weighted by Crippen LogP contribution is -2.54. The van der Waals surface area contributed by atoms with Crippen molar-refractivity contribution in [2.24, 2.45) is 0 Å². The number of ether oxygens (including phenoxy) is 1. The molecule has 0 spiro atoms. The zero-order valence-corrected chi connectivity index (χ0v) is 18.1. The summed E-state index contributed by atoms with van der Waals surface area (Å²) in [4.78, 5) is 36.3. The van der Waals surface area contributed by atoms with E-state index in [1.807, 2.05) is 55.5 Å². The number of aliphatic hydroxyl groups excluding tert-OH is 1. The zero-order valence-electron chi connectivity index (χ0n) is 18.1. The molecule has 2 aromatic carbocycles. The number of carboxylic acid groups (broad SMARTS) is 1. The number of amides is 2. The van der Waals surface area contributed by atoms with Crippen molar-refractivity contribution in [3.8, 4) is 11.1 Å². The number of benzene rings is 2. The Bertz CT molecular complexity index is 944. The highest BCUT2D eigenvalue weighted by Gasteiger charge is 2.31. The monoisotopic (exact) mass is 440 g/mol. The summed E-state index contributed by atoms with van der Waals surface area (Å²) in [6, 6.07) is 13.5. The molecule has 0 saturated carbocycles. The van der Waals surface area contributed by atoms with Crippen LogP contribution in [0.4, 0.5) is 4.79 Å². The van der Waals surface area contributed by atoms with Gasteiger partial charge in [0, 0.05) is 5.92 Å². The van der Waals surface area contributed by atoms with Crippen LogP contribution in [0.1, 0.15) is 43.7 Å². The summed E-state index contributed by atoms with van der Waals surface area (Å²) in [6.07, 6.45) is -1.17. The molecule has 170 valence electrons. The zero-order chi connectivity index (χ0) is 23.3. The molecule has 2 unspecified atom stereocenters. The number of aliphatic carboxylic acids is 1. The molecule has 3 rings (SSSR count). The summed E-state index contributed by atoms with van der Waals surface area (Å²) < 4.78 is 5.47. The Morgan fingerprint density at radius 1 is 1.00 bits per heavy atom. The van der Waals surface area contributed by atoms with E-state index in [0.29, 0.717) is 12.8 Å². The number of alkyl carbamates (subject to hydrolysis) is 1. The van der Waals surface area contributed by atoms with Gasteiger partial charge in [-0.15, -0.1) is 0 Å². The molecule has 1 aliphatic carbocycles. The highest BCUT2D eigenvalue weighted by atomic mass is 16.5. The molecule has 0 bridgehead atoms. The SMILES string of the molecule is CCC[C@H](NC(=O)OCC1c2ccccc2-c2ccccc21)C(=O)NC(C(=O)O)C(C)O. The molecule has 0 heterocycles. The highest BCUT2D eigenvalue weighted by Crippen LogP contribution is 2.44. The Kier molecular flexibility index (Phi) is 7.48. The van der Waals surface area contributed by atoms with E-state index in [0.717, 1.165) is 22.3 Å². The van der Waals surface area contributed by atoms with E-state index in [2.05, 4.69) is 10.6 Å². The molecule has 0 saturated heterocycles. The molecule has 3 atom stereocenters. The van der Waals surface area contributed by atoms with Gasteiger partial charge in [0.15, 0.2) is 6.04 Å². The Hall–Kier alpha value is -3.39. The summed E-state index contributed by atoms with van der Waals surface area (Å²) in [7, 11) is 0. The number of aliphatic hydroxyl groups is 1. The molecule has 2 amide bonds. The first-order chi connectivity index (χ1) is 15.3. The molecule has 4 N–H and O–H groups in total. The standard InChI is InChI=1S/C24H28N2O6/c1-3-8-20(22(28)26-21(14(2)27)23(29)30)25-24(31)32-13-19-17-11-6-4-9-15(17)16-10-5-7-12-18(16)19/h4-7,9-12,14,19-21,27H,3,8,13H2,1-2H3,(H,25,31)(H,26,28)(H,29,30)/t14?,20-,21?/m0/s1. The number of nitrogens with one attached hydrogen (secondary N) is 2. The molecular weight excluding hydrogens is 412 g/mol. The maximum atomic E-state index is 12.5. The topological polar surface area (TPSA) is 125 Å². The summed E-state index contributed by atoms with van der Waals surface area (Å²) >= 11 is 0. The molecule has 0 aliphatic heterocycles. The van der Waals surface area contributed by atoms with Crippen LogP contribution in [-0.4, -0.2) is 53.0 Å². The lowest BCUT2D eigenvalue weighted by Gasteiger charge is -2.22. The third kappa shape index (κ3) is 5.08. The van der Waals surface area contributed by atoms with E-state index in [9.17, 15) is 19.5 Å². The molecule has 0 fully saturated rings. The Morgan fingerprint density at radius 2 is 1.56 bits per heavy atom. The van der Waals surface area contributed by atoms with Crippen LogP contribution < -0.4 is 10.6 Å². The van der Waals surface area contributed by atoms with Gasteiger partial charge in [-0.05, 0) is 35.6 Å². The van der Waals surface area contributed by atoms with Gasteiger partial charge < -0.3 is 25.6 Å². The van der Waals surface area contributed by atoms with E-state index in [4.69, 9.17) is 9.84 Å². The molecule has 8 heteroatoms. The van der Waals surface area contributed by atoms with Crippen molar-refractivity contribution in [1.29, 1.82) is 0 Å². The molecule has 32 heavy (non-hydrogen) atoms. The molecular formula is C24H28N2O6. The van der Waals surface area contributed by atoms with E-state index in [-0.39, 0.29) is 12.5 Å². The van der Waals surface area contributed by atoms with Gasteiger partial charge in [-0.1, -0.05) is 61.9 Å². The maximum absolute atomic E-state index is 12.5. The number of rotatable bonds is 9. The molecule has 0 radical (unpaired) electrons. The third-order valence-electron chi connectivity index (χ3n) is 5.58. The van der Waals surface area contributed by atoms with Crippen molar-refractivity contribution in [2.75, 3.05) is 6.61 Å². The Morgan fingerprint density at radius 3 is 2.06 bits per heavy atom. The van der Waals surface area contributed by atoms with Crippen LogP contribution in [-0.2, 0) is 14.3 Å². The van der Waals surface area contributed by atoms with Crippen LogP contribution in [0.15, 0.2) is 48.5 Å². The smallest absolute Gasteiger partial charge is 0.407 e. The van der Waals surface area contributed by atoms with Crippen LogP contribution in [0.2, 0.25) is 0 Å². The van der Waals surface area contributed by atoms with E-state index < -0.39 is 36.2 Å². The number of carbonyl (C=O) groups is 3. The van der Waals surface area contributed by atoms with E-state index in [1.54, 1.807) is 0 Å². The summed E-state index contributed by atoms with van der Waals surface area (Å²) in [5, 5.41) is 23.5. The van der Waals surface area contributed by atoms with Gasteiger partial charge in [-0.25, -0.2) is 9.59 Å². The number of carbonyl (C=O) groups excluding carboxylic acids is 2. The van der Waals surface area contributed by atoms with Gasteiger partial charge in [0.1, 0.15) is 12.6 Å². The van der Waals surface area contributed by atoms with Crippen LogP contribution in [0.5, 0.6) is 0 Å². The molecule has 0 aromatic heterocycles. The fourth-order valence-corrected chi connectivity index (χ4v) is 3.98. The highest BCUT2D eigenvalue weighted by molar-refractivity contribution is 5.89. The van der Waals surface area contributed by atoms with Crippen molar-refractivity contribution in [1.82, 2.24) is 10.6 Å². The second-order valence-corrected chi connectivity index (χ2v) is 7.88. The van der Waals surface area contributed by atoms with Crippen LogP contribution in [0.3, 0.4) is 0 Å². The molecule has 8 nitrogen and oxygen atoms in total. The quantitative estimate of drug-likeness (QED) is 0.475. The fourth-order valence-electron chi connectivity index (χ4n) is 3.98. The van der Waals surface area contributed by atoms with Crippen molar-refractivity contribution < 1.29 is 29.3 Å². The predicted octanol–water partition coefficient (Wildman–Crippen LogP) is 2.64. The van der Waals surface area contributed by atoms with Gasteiger partial charge in [-0.2, -0.15) is 0 Å². The van der Waals surface area contributed by atoms with Crippen molar-refractivity contribution in [3.63, 3.8) is 0 Å². The number of hydrogen-bond acceptors (Lipinski definition) is 5. The van der Waals surface area contributed by atoms with Crippen molar-refractivity contribution >= 4 is 18.0 Å². The van der Waals surface area contributed by atoms with E-state index in [1.165, 1.54) is 6.92 Å². The second-order valence-electron chi connectivity index (χ2n) is 7.88. The minimum atomic E-state index is -1.47. The first-order valence-corrected chi connectivity index (χ1v) is 10.7. The van der Waals surface area contributed by atoms with Gasteiger partial charge in [-0.3, -0.25) is 4.79 Å². The Balaban J connectivity index is 1.65. The summed E-state index contributed by atoms with van der Waals surface area (Å²) in [5.41, 5.74) is 4.37. The fraction of sp³-hybridized carbons (Fsp3) is 0.375. The normalized spacial score (nSPS) is 15.1. The number of carboxylic acids is 1. The summed E-state index contributed by atoms with van der Waals surface area (Å²) in [5.74, 6) is -2.16. The van der Waals surface area contributed by atoms with Gasteiger partial charge >= 0.3 is 12.1 Å². The Labute approximate surface area is 186 Å². The van der Waals surface area contributed by atoms with Crippen molar-refractivity contribution in [2.45, 2.75) is 50.8 Å². The lowest BCUT2D eigenvalue weighted by atomic mass is 9.98. The average molecular weight is 440 g/mol. The van der Waals surface area contributed by atoms with Gasteiger partial charge in [0.25, 0.3) is 0 Å². The minimum Gasteiger partial charge on any atom is -0.480 e. The third-order valence-corrected chi connectivity index (χ3v) is 5.58. The summed E-state index contributed by atoms with van der Waals surface area (Å²) in [6.45, 7) is 3.21. The minimum absolute atomic E-state index is 0.103. The van der Waals surface area contributed by atoms with Gasteiger partial charge in [0.2, 0.25) is 5.91 Å². The lowest BCUT2D eigenvalue weighted by molar-refractivity contribution is -0.145. The van der Waals surface area contributed by atoms with Crippen LogP contribution in [0.25, 0.3) is 11.1 Å². The second kappa shape index (κ2) is 10.3. The largest absolute Gasteiger partial charge is 0.480 e. The predicted molar refractivity (Wildman–Crippen MR) is 118 cm³/mol. The first kappa shape index (κ1) is 23.3. The van der Waals surface area contributed by atoms with Crippen molar-refractivity contribution in [3.05, 3.63) is 59.7 Å². The number of fused-ring (bicyclic) bond motifs is 3.